The molecule has 0 radical (unpaired) electrons. The molecule has 4 heteroatoms. The summed E-state index contributed by atoms with van der Waals surface area (Å²) in [4.78, 5) is 0. The minimum absolute atomic E-state index is 0.689. The van der Waals surface area contributed by atoms with E-state index >= 15 is 0 Å². The summed E-state index contributed by atoms with van der Waals surface area (Å²) in [5.74, 6) is 0. The van der Waals surface area contributed by atoms with Crippen molar-refractivity contribution in [2.75, 3.05) is 0 Å². The van der Waals surface area contributed by atoms with Crippen LogP contribution >= 0.6 is 22.6 Å². The van der Waals surface area contributed by atoms with E-state index in [0.29, 0.717) is 0 Å². The van der Waals surface area contributed by atoms with Crippen molar-refractivity contribution in [3.8, 4) is 5.69 Å². The molecule has 20 heavy (non-hydrogen) atoms. The van der Waals surface area contributed by atoms with Gasteiger partial charge in [0.25, 0.3) is 0 Å². The minimum atomic E-state index is -0.689. The van der Waals surface area contributed by atoms with Crippen molar-refractivity contribution in [2.45, 2.75) is 6.10 Å². The second kappa shape index (κ2) is 5.76. The predicted molar refractivity (Wildman–Crippen MR) is 86.8 cm³/mol. The standard InChI is InChI=1S/C16H13IN2O/c17-14-9-5-4-8-13(14)16(20)15-10-11-18-19(15)12-6-2-1-3-7-12/h1-11,16,20H. The van der Waals surface area contributed by atoms with Gasteiger partial charge in [-0.15, -0.1) is 0 Å². The average molecular weight is 376 g/mol. The normalized spacial score (nSPS) is 12.3. The quantitative estimate of drug-likeness (QED) is 0.710. The van der Waals surface area contributed by atoms with Crippen molar-refractivity contribution in [3.05, 3.63) is 81.7 Å². The fraction of sp³-hybridized carbons (Fsp3) is 0.0625. The van der Waals surface area contributed by atoms with Crippen LogP contribution in [-0.4, -0.2) is 14.9 Å². The van der Waals surface area contributed by atoms with Crippen molar-refractivity contribution in [2.24, 2.45) is 0 Å². The number of hydrogen-bond donors (Lipinski definition) is 1. The van der Waals surface area contributed by atoms with Gasteiger partial charge in [0.1, 0.15) is 6.10 Å². The third-order valence-electron chi connectivity index (χ3n) is 3.15. The van der Waals surface area contributed by atoms with E-state index in [4.69, 9.17) is 0 Å². The molecule has 1 atom stereocenters. The molecule has 0 bridgehead atoms. The maximum Gasteiger partial charge on any atom is 0.122 e. The largest absolute Gasteiger partial charge is 0.382 e. The summed E-state index contributed by atoms with van der Waals surface area (Å²) in [6.07, 6.45) is 1.02. The average Bonchev–Trinajstić information content (AvgIpc) is 2.97. The Labute approximate surface area is 131 Å². The zero-order valence-electron chi connectivity index (χ0n) is 10.6. The Bertz CT molecular complexity index is 709. The molecule has 3 rings (SSSR count). The first-order valence-corrected chi connectivity index (χ1v) is 7.37. The molecular formula is C16H13IN2O. The van der Waals surface area contributed by atoms with Crippen LogP contribution in [0.15, 0.2) is 66.9 Å². The number of hydrogen-bond acceptors (Lipinski definition) is 2. The van der Waals surface area contributed by atoms with Crippen molar-refractivity contribution in [1.82, 2.24) is 9.78 Å². The summed E-state index contributed by atoms with van der Waals surface area (Å²) < 4.78 is 2.81. The summed E-state index contributed by atoms with van der Waals surface area (Å²) in [6.45, 7) is 0. The lowest BCUT2D eigenvalue weighted by Crippen LogP contribution is -2.09. The van der Waals surface area contributed by atoms with Crippen molar-refractivity contribution in [1.29, 1.82) is 0 Å². The number of halogens is 1. The lowest BCUT2D eigenvalue weighted by molar-refractivity contribution is 0.211. The van der Waals surface area contributed by atoms with Gasteiger partial charge in [-0.2, -0.15) is 5.10 Å². The van der Waals surface area contributed by atoms with E-state index in [2.05, 4.69) is 27.7 Å². The van der Waals surface area contributed by atoms with Crippen LogP contribution < -0.4 is 0 Å². The first-order chi connectivity index (χ1) is 9.77. The van der Waals surface area contributed by atoms with Gasteiger partial charge < -0.3 is 5.11 Å². The Morgan fingerprint density at radius 1 is 0.950 bits per heavy atom. The van der Waals surface area contributed by atoms with Crippen molar-refractivity contribution >= 4 is 22.6 Å². The summed E-state index contributed by atoms with van der Waals surface area (Å²) in [6, 6.07) is 19.5. The lowest BCUT2D eigenvalue weighted by Gasteiger charge is -2.15. The third kappa shape index (κ3) is 2.48. The predicted octanol–water partition coefficient (Wildman–Crippen LogP) is 3.56. The molecule has 0 aliphatic rings. The van der Waals surface area contributed by atoms with Gasteiger partial charge in [0.15, 0.2) is 0 Å². The van der Waals surface area contributed by atoms with Gasteiger partial charge in [0.2, 0.25) is 0 Å². The maximum absolute atomic E-state index is 10.6. The molecule has 1 aromatic heterocycles. The van der Waals surface area contributed by atoms with Crippen LogP contribution in [0.2, 0.25) is 0 Å². The fourth-order valence-electron chi connectivity index (χ4n) is 2.16. The van der Waals surface area contributed by atoms with Gasteiger partial charge in [-0.1, -0.05) is 36.4 Å². The Balaban J connectivity index is 2.04. The van der Waals surface area contributed by atoms with Crippen molar-refractivity contribution < 1.29 is 5.11 Å². The second-order valence-electron chi connectivity index (χ2n) is 4.43. The van der Waals surface area contributed by atoms with Crippen LogP contribution in [0.5, 0.6) is 0 Å². The molecule has 0 aliphatic heterocycles. The smallest absolute Gasteiger partial charge is 0.122 e. The van der Waals surface area contributed by atoms with E-state index in [1.807, 2.05) is 60.7 Å². The van der Waals surface area contributed by atoms with E-state index in [9.17, 15) is 5.11 Å². The van der Waals surface area contributed by atoms with Gasteiger partial charge >= 0.3 is 0 Å². The van der Waals surface area contributed by atoms with Crippen LogP contribution in [0.25, 0.3) is 5.69 Å². The zero-order valence-corrected chi connectivity index (χ0v) is 12.8. The van der Waals surface area contributed by atoms with Crippen LogP contribution in [-0.2, 0) is 0 Å². The number of nitrogens with zero attached hydrogens (tertiary/aromatic N) is 2. The molecule has 1 unspecified atom stereocenters. The number of para-hydroxylation sites is 1. The maximum atomic E-state index is 10.6. The van der Waals surface area contributed by atoms with Gasteiger partial charge in [-0.05, 0) is 52.4 Å². The highest BCUT2D eigenvalue weighted by atomic mass is 127. The van der Waals surface area contributed by atoms with E-state index in [1.54, 1.807) is 10.9 Å². The molecule has 0 saturated carbocycles. The van der Waals surface area contributed by atoms with Gasteiger partial charge in [0.05, 0.1) is 11.4 Å². The number of aromatic nitrogens is 2. The molecule has 100 valence electrons. The molecule has 1 heterocycles. The molecule has 3 aromatic rings. The molecule has 0 fully saturated rings. The van der Waals surface area contributed by atoms with E-state index in [1.165, 1.54) is 0 Å². The number of rotatable bonds is 3. The Hall–Kier alpha value is -1.66. The fourth-order valence-corrected chi connectivity index (χ4v) is 2.84. The molecule has 0 amide bonds. The topological polar surface area (TPSA) is 38.1 Å². The summed E-state index contributed by atoms with van der Waals surface area (Å²) >= 11 is 2.24. The summed E-state index contributed by atoms with van der Waals surface area (Å²) in [5.41, 5.74) is 2.60. The molecule has 3 nitrogen and oxygen atoms in total. The Kier molecular flexibility index (Phi) is 3.84. The highest BCUT2D eigenvalue weighted by molar-refractivity contribution is 14.1. The van der Waals surface area contributed by atoms with Crippen LogP contribution in [0, 0.1) is 3.57 Å². The molecule has 0 aliphatic carbocycles. The Morgan fingerprint density at radius 2 is 1.65 bits per heavy atom. The number of benzene rings is 2. The van der Waals surface area contributed by atoms with Gasteiger partial charge in [-0.25, -0.2) is 4.68 Å². The van der Waals surface area contributed by atoms with E-state index < -0.39 is 6.10 Å². The van der Waals surface area contributed by atoms with Crippen molar-refractivity contribution in [3.63, 3.8) is 0 Å². The summed E-state index contributed by atoms with van der Waals surface area (Å²) in [7, 11) is 0. The van der Waals surface area contributed by atoms with Crippen LogP contribution in [0.3, 0.4) is 0 Å². The summed E-state index contributed by atoms with van der Waals surface area (Å²) in [5, 5.41) is 15.0. The lowest BCUT2D eigenvalue weighted by atomic mass is 10.1. The first-order valence-electron chi connectivity index (χ1n) is 6.29. The SMILES string of the molecule is OC(c1ccccc1I)c1ccnn1-c1ccccc1. The molecular weight excluding hydrogens is 363 g/mol. The Morgan fingerprint density at radius 3 is 2.40 bits per heavy atom. The number of aliphatic hydroxyl groups is 1. The van der Waals surface area contributed by atoms with Crippen LogP contribution in [0.4, 0.5) is 0 Å². The van der Waals surface area contributed by atoms with Gasteiger partial charge in [0, 0.05) is 9.77 Å². The molecule has 1 N–H and O–H groups in total. The molecule has 0 saturated heterocycles. The third-order valence-corrected chi connectivity index (χ3v) is 4.14. The zero-order chi connectivity index (χ0) is 13.9. The minimum Gasteiger partial charge on any atom is -0.382 e. The van der Waals surface area contributed by atoms with E-state index in [-0.39, 0.29) is 0 Å². The first kappa shape index (κ1) is 13.3. The second-order valence-corrected chi connectivity index (χ2v) is 5.59. The van der Waals surface area contributed by atoms with E-state index in [0.717, 1.165) is 20.5 Å². The number of aliphatic hydroxyl groups excluding tert-OH is 1. The van der Waals surface area contributed by atoms with Gasteiger partial charge in [-0.3, -0.25) is 0 Å². The monoisotopic (exact) mass is 376 g/mol. The van der Waals surface area contributed by atoms with Crippen LogP contribution in [0.1, 0.15) is 17.4 Å². The highest BCUT2D eigenvalue weighted by Crippen LogP contribution is 2.27. The molecule has 0 spiro atoms. The highest BCUT2D eigenvalue weighted by Gasteiger charge is 2.18. The molecule has 2 aromatic carbocycles.